The molecule has 0 aliphatic rings. The number of halogens is 2. The summed E-state index contributed by atoms with van der Waals surface area (Å²) in [6.45, 7) is 0.553. The number of anilines is 1. The second-order valence-electron chi connectivity index (χ2n) is 4.99. The molecule has 22 heavy (non-hydrogen) atoms. The summed E-state index contributed by atoms with van der Waals surface area (Å²) in [7, 11) is 0. The summed E-state index contributed by atoms with van der Waals surface area (Å²) in [4.78, 5) is 12.0. The van der Waals surface area contributed by atoms with E-state index in [0.29, 0.717) is 11.0 Å². The van der Waals surface area contributed by atoms with Crippen molar-refractivity contribution in [3.63, 3.8) is 0 Å². The van der Waals surface area contributed by atoms with Crippen LogP contribution in [0.25, 0.3) is 10.9 Å². The number of carbonyl (C=O) groups excluding carboxylic acids is 1. The van der Waals surface area contributed by atoms with Crippen molar-refractivity contribution in [3.05, 3.63) is 65.0 Å². The minimum Gasteiger partial charge on any atom is -0.347 e. The van der Waals surface area contributed by atoms with Crippen LogP contribution in [0.15, 0.2) is 59.2 Å². The molecule has 0 atom stereocenters. The number of amides is 1. The van der Waals surface area contributed by atoms with Gasteiger partial charge in [-0.1, -0.05) is 34.1 Å². The molecule has 2 aromatic carbocycles. The first-order valence-corrected chi connectivity index (χ1v) is 7.71. The van der Waals surface area contributed by atoms with Gasteiger partial charge in [-0.25, -0.2) is 4.39 Å². The number of nitrogens with zero attached hydrogens (tertiary/aromatic N) is 1. The van der Waals surface area contributed by atoms with Crippen molar-refractivity contribution < 1.29 is 9.18 Å². The molecule has 0 bridgehead atoms. The summed E-state index contributed by atoms with van der Waals surface area (Å²) in [5.74, 6) is -0.659. The number of aryl methyl sites for hydroxylation is 1. The Morgan fingerprint density at radius 1 is 1.18 bits per heavy atom. The van der Waals surface area contributed by atoms with Crippen molar-refractivity contribution >= 4 is 38.4 Å². The first-order chi connectivity index (χ1) is 10.6. The summed E-state index contributed by atoms with van der Waals surface area (Å²) in [5, 5.41) is 3.74. The van der Waals surface area contributed by atoms with Crippen LogP contribution in [0.5, 0.6) is 0 Å². The summed E-state index contributed by atoms with van der Waals surface area (Å²) >= 11 is 3.19. The highest BCUT2D eigenvalue weighted by Crippen LogP contribution is 2.20. The zero-order valence-electron chi connectivity index (χ0n) is 11.7. The third-order valence-corrected chi connectivity index (χ3v) is 3.96. The normalized spacial score (nSPS) is 10.8. The lowest BCUT2D eigenvalue weighted by Crippen LogP contribution is -2.15. The molecule has 0 radical (unpaired) electrons. The zero-order chi connectivity index (χ0) is 15.5. The fourth-order valence-corrected chi connectivity index (χ4v) is 2.69. The second kappa shape index (κ2) is 6.32. The largest absolute Gasteiger partial charge is 0.347 e. The molecule has 0 spiro atoms. The number of fused-ring (bicyclic) bond motifs is 1. The highest BCUT2D eigenvalue weighted by atomic mass is 79.9. The highest BCUT2D eigenvalue weighted by Gasteiger charge is 2.08. The second-order valence-corrected chi connectivity index (χ2v) is 5.91. The van der Waals surface area contributed by atoms with E-state index in [0.717, 1.165) is 10.9 Å². The van der Waals surface area contributed by atoms with Crippen molar-refractivity contribution in [2.75, 3.05) is 5.32 Å². The van der Waals surface area contributed by atoms with Crippen LogP contribution in [0.3, 0.4) is 0 Å². The number of rotatable bonds is 4. The molecule has 1 amide bonds. The van der Waals surface area contributed by atoms with Crippen LogP contribution in [0.2, 0.25) is 0 Å². The monoisotopic (exact) mass is 360 g/mol. The molecular formula is C17H14BrFN2O. The Hall–Kier alpha value is -2.14. The highest BCUT2D eigenvalue weighted by molar-refractivity contribution is 9.10. The van der Waals surface area contributed by atoms with Crippen LogP contribution < -0.4 is 5.32 Å². The van der Waals surface area contributed by atoms with E-state index in [9.17, 15) is 9.18 Å². The average Bonchev–Trinajstić information content (AvgIpc) is 2.91. The van der Waals surface area contributed by atoms with Gasteiger partial charge in [-0.3, -0.25) is 4.79 Å². The van der Waals surface area contributed by atoms with Gasteiger partial charge in [0.2, 0.25) is 5.91 Å². The smallest absolute Gasteiger partial charge is 0.226 e. The minimum atomic E-state index is -0.450. The molecule has 0 unspecified atom stereocenters. The van der Waals surface area contributed by atoms with E-state index in [-0.39, 0.29) is 18.0 Å². The van der Waals surface area contributed by atoms with Crippen LogP contribution in [0, 0.1) is 5.82 Å². The van der Waals surface area contributed by atoms with Gasteiger partial charge in [0.05, 0.1) is 5.69 Å². The Kier molecular flexibility index (Phi) is 4.24. The van der Waals surface area contributed by atoms with E-state index in [4.69, 9.17) is 0 Å². The summed E-state index contributed by atoms with van der Waals surface area (Å²) in [5.41, 5.74) is 1.29. The third kappa shape index (κ3) is 3.20. The number of para-hydroxylation sites is 1. The topological polar surface area (TPSA) is 34.0 Å². The number of aromatic nitrogens is 1. The number of hydrogen-bond acceptors (Lipinski definition) is 1. The van der Waals surface area contributed by atoms with E-state index in [1.54, 1.807) is 12.1 Å². The van der Waals surface area contributed by atoms with Gasteiger partial charge in [0, 0.05) is 29.2 Å². The molecule has 0 fully saturated rings. The van der Waals surface area contributed by atoms with Gasteiger partial charge >= 0.3 is 0 Å². The lowest BCUT2D eigenvalue weighted by atomic mass is 10.2. The molecule has 1 N–H and O–H groups in total. The molecule has 0 aliphatic heterocycles. The molecule has 0 aliphatic carbocycles. The van der Waals surface area contributed by atoms with Gasteiger partial charge in [0.1, 0.15) is 5.82 Å². The maximum absolute atomic E-state index is 13.7. The predicted octanol–water partition coefficient (Wildman–Crippen LogP) is 4.57. The van der Waals surface area contributed by atoms with E-state index in [1.807, 2.05) is 41.1 Å². The lowest BCUT2D eigenvalue weighted by molar-refractivity contribution is -0.116. The molecule has 3 nitrogen and oxygen atoms in total. The average molecular weight is 361 g/mol. The quantitative estimate of drug-likeness (QED) is 0.726. The number of hydrogen-bond donors (Lipinski definition) is 1. The van der Waals surface area contributed by atoms with Crippen LogP contribution in [-0.2, 0) is 11.3 Å². The molecular weight excluding hydrogens is 347 g/mol. The molecule has 3 rings (SSSR count). The van der Waals surface area contributed by atoms with E-state index in [1.165, 1.54) is 6.07 Å². The van der Waals surface area contributed by atoms with Crippen LogP contribution in [-0.4, -0.2) is 10.5 Å². The van der Waals surface area contributed by atoms with E-state index >= 15 is 0 Å². The van der Waals surface area contributed by atoms with Crippen LogP contribution >= 0.6 is 15.9 Å². The van der Waals surface area contributed by atoms with Gasteiger partial charge in [-0.15, -0.1) is 0 Å². The third-order valence-electron chi connectivity index (χ3n) is 3.47. The first kappa shape index (κ1) is 14.8. The molecule has 0 saturated carbocycles. The fraction of sp³-hybridized carbons (Fsp3) is 0.118. The number of benzene rings is 2. The number of nitrogens with one attached hydrogen (secondary N) is 1. The molecule has 1 aromatic heterocycles. The Balaban J connectivity index is 1.65. The zero-order valence-corrected chi connectivity index (χ0v) is 13.3. The Morgan fingerprint density at radius 2 is 2.00 bits per heavy atom. The predicted molar refractivity (Wildman–Crippen MR) is 89.3 cm³/mol. The van der Waals surface area contributed by atoms with E-state index in [2.05, 4.69) is 21.2 Å². The minimum absolute atomic E-state index is 0.200. The van der Waals surface area contributed by atoms with Gasteiger partial charge in [-0.05, 0) is 35.7 Å². The van der Waals surface area contributed by atoms with Gasteiger partial charge < -0.3 is 9.88 Å². The van der Waals surface area contributed by atoms with Crippen molar-refractivity contribution in [2.45, 2.75) is 13.0 Å². The maximum Gasteiger partial charge on any atom is 0.226 e. The Labute approximate surface area is 135 Å². The molecule has 3 aromatic rings. The number of carbonyl (C=O) groups is 1. The van der Waals surface area contributed by atoms with Crippen LogP contribution in [0.4, 0.5) is 10.1 Å². The van der Waals surface area contributed by atoms with E-state index < -0.39 is 5.82 Å². The summed E-state index contributed by atoms with van der Waals surface area (Å²) in [6.07, 6.45) is 2.24. The maximum atomic E-state index is 13.7. The molecule has 1 heterocycles. The Morgan fingerprint density at radius 3 is 2.82 bits per heavy atom. The van der Waals surface area contributed by atoms with Gasteiger partial charge in [-0.2, -0.15) is 0 Å². The molecule has 112 valence electrons. The van der Waals surface area contributed by atoms with Gasteiger partial charge in [0.25, 0.3) is 0 Å². The summed E-state index contributed by atoms with van der Waals surface area (Å²) < 4.78 is 16.3. The lowest BCUT2D eigenvalue weighted by Gasteiger charge is -2.08. The fourth-order valence-electron chi connectivity index (χ4n) is 2.36. The van der Waals surface area contributed by atoms with Crippen molar-refractivity contribution in [1.29, 1.82) is 0 Å². The van der Waals surface area contributed by atoms with Crippen molar-refractivity contribution in [2.24, 2.45) is 0 Å². The van der Waals surface area contributed by atoms with Gasteiger partial charge in [0.15, 0.2) is 0 Å². The first-order valence-electron chi connectivity index (χ1n) is 6.92. The van der Waals surface area contributed by atoms with Crippen molar-refractivity contribution in [1.82, 2.24) is 4.57 Å². The van der Waals surface area contributed by atoms with Crippen LogP contribution in [0.1, 0.15) is 6.42 Å². The van der Waals surface area contributed by atoms with Crippen molar-refractivity contribution in [3.8, 4) is 0 Å². The SMILES string of the molecule is O=C(CCn1ccc2ccccc21)Nc1ccc(Br)cc1F. The standard InChI is InChI=1S/C17H14BrFN2O/c18-13-5-6-15(14(19)11-13)20-17(22)8-10-21-9-7-12-3-1-2-4-16(12)21/h1-7,9,11H,8,10H2,(H,20,22). The molecule has 0 saturated heterocycles. The Bertz CT molecular complexity index is 828. The summed E-state index contributed by atoms with van der Waals surface area (Å²) in [6, 6.07) is 14.6. The molecule has 5 heteroatoms.